The predicted molar refractivity (Wildman–Crippen MR) is 544 cm³/mol. The van der Waals surface area contributed by atoms with Crippen LogP contribution in [-0.4, -0.2) is 0 Å². The molecule has 0 N–H and O–H groups in total. The van der Waals surface area contributed by atoms with Crippen LogP contribution in [0.5, 0.6) is 0 Å². The average Bonchev–Trinajstić information content (AvgIpc) is 0.848. The third kappa shape index (κ3) is 45.3. The Kier molecular flexibility index (Phi) is 57.3. The summed E-state index contributed by atoms with van der Waals surface area (Å²) in [5.74, 6) is 17.9. The Morgan fingerprint density at radius 3 is 0.213 bits per heavy atom. The summed E-state index contributed by atoms with van der Waals surface area (Å²) in [6, 6.07) is 0. The molecular weight excluding hydrogens is 2000 g/mol. The smallest absolute Gasteiger partial charge is 0.0596 e. The first-order valence-electron chi connectivity index (χ1n) is 44.2. The van der Waals surface area contributed by atoms with Crippen LogP contribution in [0.4, 0.5) is 0 Å². The third-order valence-corrected chi connectivity index (χ3v) is 36.9. The molecule has 716 valence electrons. The van der Waals surface area contributed by atoms with E-state index in [4.69, 9.17) is 0 Å². The van der Waals surface area contributed by atoms with Gasteiger partial charge in [0.15, 0.2) is 0 Å². The van der Waals surface area contributed by atoms with E-state index in [2.05, 4.69) is 467 Å². The van der Waals surface area contributed by atoms with E-state index in [1.165, 1.54) is 137 Å². The number of rotatable bonds is 0. The van der Waals surface area contributed by atoms with E-state index in [-0.39, 0.29) is 177 Å². The third-order valence-electron chi connectivity index (χ3n) is 21.1. The van der Waals surface area contributed by atoms with Crippen LogP contribution in [0.25, 0.3) is 0 Å². The zero-order valence-corrected chi connectivity index (χ0v) is 104. The molecule has 8 rings (SSSR count). The molecule has 8 aliphatic rings. The van der Waals surface area contributed by atoms with Crippen LogP contribution >= 0.6 is 66.2 Å². The molecule has 122 heavy (non-hydrogen) atoms. The molecule has 0 aromatic rings. The molecule has 4 saturated heterocycles. The largest absolute Gasteiger partial charge is 1.00 e. The van der Waals surface area contributed by atoms with Crippen LogP contribution in [0.3, 0.4) is 0 Å². The predicted octanol–water partition coefficient (Wildman–Crippen LogP) is 40.9. The van der Waals surface area contributed by atoms with E-state index in [1.807, 2.05) is 0 Å². The Labute approximate surface area is 860 Å². The summed E-state index contributed by atoms with van der Waals surface area (Å²) in [7, 11) is 12.3. The SMILES string of the molecule is CC(C)(C)[C]1[CH][C](C(C)(C)C)[C](C(C)(C)C)[CH]1.CC(C)(C)[C]1[CH][C](C(C)(C)C)[C](C(C)(C)C)[CH]1.CC(C)(C)[C]1[CH][C](C(C)(C)C)[C](C(C)(C)C)[CH]1.CC(C)(C)[C]1[CH][C](C(C)(C)C)[C](C(C)(C)C)[CH]1.CC(C)(C)[C]1[P][P][C]1C(C)(C)C.CC(C)(C)[C]1[P][P][C]1C(C)(C)C.CC(C)(C)[C]1[P][P][C]1C(C)(C)C.CC(C)(C)[C]1[P][P][C]1C(C)(C)C.[Ag+].[Ag+].[Co].[Co].[Co].[Co]. The van der Waals surface area contributed by atoms with Crippen LogP contribution in [-0.2, 0) is 112 Å². The van der Waals surface area contributed by atoms with E-state index in [0.29, 0.717) is 43.3 Å². The van der Waals surface area contributed by atoms with Crippen LogP contribution < -0.4 is 0 Å². The van der Waals surface area contributed by atoms with E-state index in [0.717, 1.165) is 0 Å². The molecule has 4 saturated carbocycles. The van der Waals surface area contributed by atoms with Crippen LogP contribution in [0.2, 0.25) is 0 Å². The van der Waals surface area contributed by atoms with Crippen molar-refractivity contribution in [2.45, 2.75) is 415 Å². The van der Waals surface area contributed by atoms with Gasteiger partial charge in [-0.25, -0.2) is 0 Å². The second-order valence-electron chi connectivity index (χ2n) is 54.9. The van der Waals surface area contributed by atoms with Crippen LogP contribution in [0, 0.1) is 276 Å². The fourth-order valence-corrected chi connectivity index (χ4v) is 30.5. The first kappa shape index (κ1) is 140. The van der Waals surface area contributed by atoms with Crippen LogP contribution in [0.1, 0.15) is 415 Å². The van der Waals surface area contributed by atoms with E-state index < -0.39 is 0 Å². The van der Waals surface area contributed by atoms with Gasteiger partial charge in [0.05, 0.1) is 0 Å². The van der Waals surface area contributed by atoms with Crippen molar-refractivity contribution in [3.63, 3.8) is 0 Å². The van der Waals surface area contributed by atoms with Gasteiger partial charge in [0.1, 0.15) is 0 Å². The Bertz CT molecular complexity index is 2320. The molecule has 0 nitrogen and oxygen atoms in total. The van der Waals surface area contributed by atoms with Crippen molar-refractivity contribution in [2.75, 3.05) is 0 Å². The average molecular weight is 2190 g/mol. The topological polar surface area (TPSA) is 0 Å². The van der Waals surface area contributed by atoms with Gasteiger partial charge in [0.2, 0.25) is 0 Å². The summed E-state index contributed by atoms with van der Waals surface area (Å²) < 4.78 is 0. The van der Waals surface area contributed by atoms with Gasteiger partial charge in [-0.15, -0.1) is 0 Å². The molecule has 0 amide bonds. The summed E-state index contributed by atoms with van der Waals surface area (Å²) in [4.78, 5) is 0. The number of hydrogen-bond donors (Lipinski definition) is 0. The molecule has 0 bridgehead atoms. The molecule has 0 unspecified atom stereocenters. The minimum absolute atomic E-state index is 0. The first-order valence-corrected chi connectivity index (χ1v) is 54.2. The molecule has 4 aliphatic heterocycles. The fraction of sp³-hybridized carbons (Fsp3) is 0.741. The molecule has 8 fully saturated rings. The molecule has 40 radical (unpaired) electrons. The van der Waals surface area contributed by atoms with Gasteiger partial charge in [0.25, 0.3) is 0 Å². The molecule has 0 atom stereocenters. The van der Waals surface area contributed by atoms with Crippen molar-refractivity contribution in [1.29, 1.82) is 0 Å². The van der Waals surface area contributed by atoms with Crippen molar-refractivity contribution in [3.8, 4) is 0 Å². The van der Waals surface area contributed by atoms with E-state index >= 15 is 0 Å². The summed E-state index contributed by atoms with van der Waals surface area (Å²) in [5, 5.41) is 0. The quantitative estimate of drug-likeness (QED) is 0.168. The minimum atomic E-state index is 0. The van der Waals surface area contributed by atoms with Crippen molar-refractivity contribution < 1.29 is 112 Å². The van der Waals surface area contributed by atoms with Gasteiger partial charge >= 0.3 is 44.8 Å². The molecule has 0 spiro atoms. The van der Waals surface area contributed by atoms with Gasteiger partial charge in [-0.2, -0.15) is 0 Å². The Balaban J connectivity index is -0.000000314. The second-order valence-corrected chi connectivity index (χ2v) is 64.9. The van der Waals surface area contributed by atoms with Gasteiger partial charge in [-0.1, -0.05) is 415 Å². The Morgan fingerprint density at radius 2 is 0.180 bits per heavy atom. The van der Waals surface area contributed by atoms with E-state index in [1.54, 1.807) is 45.3 Å². The van der Waals surface area contributed by atoms with Crippen molar-refractivity contribution in [2.24, 2.45) is 108 Å². The van der Waals surface area contributed by atoms with Crippen LogP contribution in [0.15, 0.2) is 0 Å². The van der Waals surface area contributed by atoms with Gasteiger partial charge in [0, 0.05) is 112 Å². The summed E-state index contributed by atoms with van der Waals surface area (Å²) >= 11 is 0. The van der Waals surface area contributed by atoms with E-state index in [9.17, 15) is 0 Å². The van der Waals surface area contributed by atoms with Crippen molar-refractivity contribution >= 4 is 66.2 Å². The van der Waals surface area contributed by atoms with Crippen molar-refractivity contribution in [1.82, 2.24) is 0 Å². The van der Waals surface area contributed by atoms with Gasteiger partial charge in [-0.3, -0.25) is 0 Å². The minimum Gasteiger partial charge on any atom is -0.0596 e. The maximum atomic E-state index is 2.42. The molecule has 4 aliphatic carbocycles. The zero-order valence-electron chi connectivity index (χ0n) is 90.1. The maximum absolute atomic E-state index is 2.42. The number of hydrogen-bond acceptors (Lipinski definition) is 0. The normalized spacial score (nSPS) is 22.9. The molecule has 14 heteroatoms. The monoisotopic (exact) mass is 2180 g/mol. The fourth-order valence-electron chi connectivity index (χ4n) is 13.4. The molecule has 4 heterocycles. The summed E-state index contributed by atoms with van der Waals surface area (Å²) in [5.41, 5.74) is 19.2. The molecule has 0 aromatic carbocycles. The van der Waals surface area contributed by atoms with Crippen molar-refractivity contribution in [3.05, 3.63) is 168 Å². The zero-order chi connectivity index (χ0) is 92.9. The standard InChI is InChI=1S/4C17H29.4C10H18P2.2Ag.4Co/c4*1-15(2,3)12-10-13(16(4,5)6)14(11-12)17(7,8)9;4*1-9(2,3)7-8(12-11-7)10(4,5)6;;;;;;/h4*10-11H,1-9H3;4*1-6H3;;;;;;/q;;;;;;;;2*+1;;;;. The Morgan fingerprint density at radius 1 is 0.115 bits per heavy atom. The summed E-state index contributed by atoms with van der Waals surface area (Å²) in [6.45, 7) is 139. The second kappa shape index (κ2) is 50.1. The molecule has 0 aromatic heterocycles. The molecular formula is C108H188Ag2Co4P8+2. The van der Waals surface area contributed by atoms with Gasteiger partial charge in [-0.05, 0) is 297 Å². The maximum Gasteiger partial charge on any atom is 1.00 e. The summed E-state index contributed by atoms with van der Waals surface area (Å²) in [6.07, 6.45) is 19.3. The Hall–Kier alpha value is 6.95. The first-order chi connectivity index (χ1) is 50.2. The van der Waals surface area contributed by atoms with Gasteiger partial charge < -0.3 is 0 Å².